The van der Waals surface area contributed by atoms with Gasteiger partial charge in [0.25, 0.3) is 17.4 Å². The van der Waals surface area contributed by atoms with E-state index in [0.29, 0.717) is 24.5 Å². The van der Waals surface area contributed by atoms with Gasteiger partial charge < -0.3 is 30.9 Å². The van der Waals surface area contributed by atoms with Gasteiger partial charge in [0.2, 0.25) is 17.6 Å². The molecule has 0 aliphatic heterocycles. The second-order valence-corrected chi connectivity index (χ2v) is 12.1. The number of pyridine rings is 1. The third-order valence-electron chi connectivity index (χ3n) is 9.42. The summed E-state index contributed by atoms with van der Waals surface area (Å²) in [4.78, 5) is 96.3. The average Bonchev–Trinajstić information content (AvgIpc) is 3.40. The molecule has 15 nitrogen and oxygen atoms in total. The number of aryl methyl sites for hydroxylation is 1. The number of anilines is 1. The number of aromatic nitrogens is 3. The van der Waals surface area contributed by atoms with Crippen molar-refractivity contribution in [3.05, 3.63) is 52.5 Å². The van der Waals surface area contributed by atoms with E-state index in [-0.39, 0.29) is 48.5 Å². The normalized spacial score (nSPS) is 24.8. The Morgan fingerprint density at radius 3 is 2.64 bits per heavy atom. The number of nitrogens with zero attached hydrogens (tertiary/aromatic N) is 3. The van der Waals surface area contributed by atoms with Gasteiger partial charge in [-0.25, -0.2) is 9.97 Å². The molecule has 6 rings (SSSR count). The van der Waals surface area contributed by atoms with Crippen LogP contribution in [0.25, 0.3) is 0 Å². The van der Waals surface area contributed by atoms with Gasteiger partial charge in [0.15, 0.2) is 0 Å². The summed E-state index contributed by atoms with van der Waals surface area (Å²) in [6.45, 7) is 1.23. The highest BCUT2D eigenvalue weighted by atomic mass is 16.4. The fourth-order valence-corrected chi connectivity index (χ4v) is 7.38. The Kier molecular flexibility index (Phi) is 8.80. The lowest BCUT2D eigenvalue weighted by atomic mass is 9.75. The first-order chi connectivity index (χ1) is 21.4. The molecule has 0 saturated heterocycles. The van der Waals surface area contributed by atoms with Crippen molar-refractivity contribution < 1.29 is 33.9 Å². The van der Waals surface area contributed by atoms with Crippen molar-refractivity contribution in [3.63, 3.8) is 0 Å². The summed E-state index contributed by atoms with van der Waals surface area (Å²) in [6.07, 6.45) is 6.12. The lowest BCUT2D eigenvalue weighted by Gasteiger charge is -2.32. The van der Waals surface area contributed by atoms with E-state index in [1.54, 1.807) is 6.92 Å². The minimum atomic E-state index is -1.32. The number of carboxylic acids is 1. The van der Waals surface area contributed by atoms with Gasteiger partial charge in [0.05, 0.1) is 16.7 Å². The van der Waals surface area contributed by atoms with Gasteiger partial charge in [-0.05, 0) is 68.9 Å². The molecule has 0 spiro atoms. The Labute approximate surface area is 257 Å². The van der Waals surface area contributed by atoms with Crippen molar-refractivity contribution >= 4 is 41.1 Å². The molecule has 6 atom stereocenters. The van der Waals surface area contributed by atoms with Gasteiger partial charge in [0.1, 0.15) is 24.6 Å². The smallest absolute Gasteiger partial charge is 0.310 e. The van der Waals surface area contributed by atoms with Gasteiger partial charge in [-0.1, -0.05) is 0 Å². The standard InChI is InChI=1S/C30H35N7O8/c1-15-18(12-32-14-33-15)25(40)34-20(5-6-22(38)27(42)31-2)26(41)35-21-4-3-7-37(28(21)43)13-23(39)36-24-17-8-16-9-19(24)30(10-16,11-17)29(44)45/h3-4,7,12,14,16-17,19-20,24H,5-6,8-11,13H2,1-2H3,(H,31,42)(H,34,40)(H,35,41)(H,36,39)(H,44,45). The molecule has 2 heterocycles. The number of carboxylic acid groups (broad SMARTS) is 1. The van der Waals surface area contributed by atoms with E-state index in [9.17, 15) is 38.7 Å². The number of aliphatic carboxylic acids is 1. The predicted molar refractivity (Wildman–Crippen MR) is 157 cm³/mol. The summed E-state index contributed by atoms with van der Waals surface area (Å²) in [6, 6.07) is 1.21. The summed E-state index contributed by atoms with van der Waals surface area (Å²) < 4.78 is 1.12. The number of nitrogens with one attached hydrogen (secondary N) is 4. The third-order valence-corrected chi connectivity index (χ3v) is 9.42. The molecular formula is C30H35N7O8. The first-order valence-electron chi connectivity index (χ1n) is 14.8. The summed E-state index contributed by atoms with van der Waals surface area (Å²) in [5.41, 5.74) is -1.21. The van der Waals surface area contributed by atoms with E-state index in [0.717, 1.165) is 17.4 Å². The zero-order valence-corrected chi connectivity index (χ0v) is 24.9. The molecular weight excluding hydrogens is 586 g/mol. The van der Waals surface area contributed by atoms with Crippen LogP contribution in [0.3, 0.4) is 0 Å². The number of rotatable bonds is 12. The van der Waals surface area contributed by atoms with Crippen molar-refractivity contribution in [2.75, 3.05) is 12.4 Å². The van der Waals surface area contributed by atoms with Crippen LogP contribution in [-0.2, 0) is 30.5 Å². The lowest BCUT2D eigenvalue weighted by Crippen LogP contribution is -2.47. The van der Waals surface area contributed by atoms with E-state index < -0.39 is 52.4 Å². The van der Waals surface area contributed by atoms with Crippen molar-refractivity contribution in [2.24, 2.45) is 23.2 Å². The minimum absolute atomic E-state index is 0.0820. The zero-order valence-electron chi connectivity index (χ0n) is 24.9. The van der Waals surface area contributed by atoms with Crippen molar-refractivity contribution in [1.82, 2.24) is 30.5 Å². The van der Waals surface area contributed by atoms with E-state index in [2.05, 4.69) is 31.2 Å². The number of hydrogen-bond donors (Lipinski definition) is 5. The van der Waals surface area contributed by atoms with Crippen LogP contribution in [0.1, 0.15) is 54.6 Å². The van der Waals surface area contributed by atoms with Crippen molar-refractivity contribution in [3.8, 4) is 0 Å². The summed E-state index contributed by atoms with van der Waals surface area (Å²) in [5.74, 6) is -4.11. The maximum Gasteiger partial charge on any atom is 0.310 e. The van der Waals surface area contributed by atoms with Gasteiger partial charge in [-0.3, -0.25) is 33.6 Å². The van der Waals surface area contributed by atoms with Crippen molar-refractivity contribution in [2.45, 2.75) is 64.1 Å². The Bertz CT molecular complexity index is 1620. The van der Waals surface area contributed by atoms with Gasteiger partial charge in [0, 0.05) is 31.9 Å². The first kappa shape index (κ1) is 31.5. The molecule has 6 unspecified atom stereocenters. The second kappa shape index (κ2) is 12.6. The monoisotopic (exact) mass is 621 g/mol. The van der Waals surface area contributed by atoms with Gasteiger partial charge in [-0.2, -0.15) is 0 Å². The van der Waals surface area contributed by atoms with Gasteiger partial charge in [-0.15, -0.1) is 0 Å². The molecule has 4 saturated carbocycles. The maximum absolute atomic E-state index is 13.3. The third kappa shape index (κ3) is 6.19. The Morgan fingerprint density at radius 1 is 1.16 bits per heavy atom. The second-order valence-electron chi connectivity index (χ2n) is 12.1. The quantitative estimate of drug-likeness (QED) is 0.196. The molecule has 0 radical (unpaired) electrons. The van der Waals surface area contributed by atoms with E-state index in [4.69, 9.17) is 0 Å². The molecule has 4 bridgehead atoms. The average molecular weight is 622 g/mol. The van der Waals surface area contributed by atoms with Crippen LogP contribution in [0.2, 0.25) is 0 Å². The highest BCUT2D eigenvalue weighted by Gasteiger charge is 2.66. The summed E-state index contributed by atoms with van der Waals surface area (Å²) >= 11 is 0. The van der Waals surface area contributed by atoms with Crippen LogP contribution in [0.5, 0.6) is 0 Å². The van der Waals surface area contributed by atoms with Crippen LogP contribution < -0.4 is 26.8 Å². The van der Waals surface area contributed by atoms with Crippen LogP contribution in [-0.4, -0.2) is 74.2 Å². The summed E-state index contributed by atoms with van der Waals surface area (Å²) in [7, 11) is 1.29. The van der Waals surface area contributed by atoms with E-state index in [1.807, 2.05) is 0 Å². The Morgan fingerprint density at radius 2 is 1.93 bits per heavy atom. The number of ketones is 1. The van der Waals surface area contributed by atoms with Crippen LogP contribution >= 0.6 is 0 Å². The van der Waals surface area contributed by atoms with E-state index >= 15 is 0 Å². The first-order valence-corrected chi connectivity index (χ1v) is 14.8. The van der Waals surface area contributed by atoms with Crippen LogP contribution in [0, 0.1) is 30.1 Å². The van der Waals surface area contributed by atoms with Crippen molar-refractivity contribution in [1.29, 1.82) is 0 Å². The largest absolute Gasteiger partial charge is 0.481 e. The molecule has 0 aromatic carbocycles. The number of likely N-dealkylation sites (N-methyl/N-ethyl adjacent to an activating group) is 1. The number of carbonyl (C=O) groups is 6. The molecule has 2 aromatic heterocycles. The van der Waals surface area contributed by atoms with E-state index in [1.165, 1.54) is 37.9 Å². The lowest BCUT2D eigenvalue weighted by molar-refractivity contribution is -0.151. The molecule has 238 valence electrons. The van der Waals surface area contributed by atoms with Crippen LogP contribution in [0.15, 0.2) is 35.6 Å². The topological polar surface area (TPSA) is 219 Å². The predicted octanol–water partition coefficient (Wildman–Crippen LogP) is -0.215. The molecule has 4 fully saturated rings. The molecule has 45 heavy (non-hydrogen) atoms. The molecule has 15 heteroatoms. The highest BCUT2D eigenvalue weighted by Crippen LogP contribution is 2.65. The maximum atomic E-state index is 13.3. The number of hydrogen-bond acceptors (Lipinski definition) is 9. The number of carbonyl (C=O) groups excluding carboxylic acids is 5. The SMILES string of the molecule is CNC(=O)C(=O)CCC(NC(=O)c1cncnc1C)C(=O)Nc1cccn(CC(=O)NC2C3CC4CC2C(C(=O)O)(C4)C3)c1=O. The molecule has 4 aliphatic rings. The van der Waals surface area contributed by atoms with Gasteiger partial charge >= 0.3 is 5.97 Å². The molecule has 5 N–H and O–H groups in total. The minimum Gasteiger partial charge on any atom is -0.481 e. The molecule has 4 amide bonds. The zero-order chi connectivity index (χ0) is 32.5. The number of amides is 4. The molecule has 2 aromatic rings. The highest BCUT2D eigenvalue weighted by molar-refractivity contribution is 6.36. The Balaban J connectivity index is 1.27. The number of Topliss-reactive ketones (excluding diaryl/α,β-unsaturated/α-hetero) is 1. The fraction of sp³-hybridized carbons (Fsp3) is 0.500. The Hall–Kier alpha value is -4.95. The molecule has 4 aliphatic carbocycles. The fourth-order valence-electron chi connectivity index (χ4n) is 7.38. The summed E-state index contributed by atoms with van der Waals surface area (Å²) in [5, 5.41) is 20.1. The van der Waals surface area contributed by atoms with Crippen LogP contribution in [0.4, 0.5) is 5.69 Å².